The van der Waals surface area contributed by atoms with Gasteiger partial charge in [-0.3, -0.25) is 9.89 Å². The maximum Gasteiger partial charge on any atom is 0.194 e. The van der Waals surface area contributed by atoms with Crippen molar-refractivity contribution < 1.29 is 0 Å². The van der Waals surface area contributed by atoms with Gasteiger partial charge >= 0.3 is 0 Å². The number of hydrogen-bond acceptors (Lipinski definition) is 4. The van der Waals surface area contributed by atoms with Crippen molar-refractivity contribution in [1.82, 2.24) is 29.9 Å². The average Bonchev–Trinajstić information content (AvgIpc) is 3.35. The van der Waals surface area contributed by atoms with Crippen molar-refractivity contribution in [2.45, 2.75) is 32.5 Å². The highest BCUT2D eigenvalue weighted by molar-refractivity contribution is 5.80. The molecule has 32 heavy (non-hydrogen) atoms. The van der Waals surface area contributed by atoms with Crippen LogP contribution in [0.25, 0.3) is 0 Å². The molecule has 4 rings (SSSR count). The molecule has 1 unspecified atom stereocenters. The van der Waals surface area contributed by atoms with Crippen molar-refractivity contribution in [2.24, 2.45) is 4.99 Å². The van der Waals surface area contributed by atoms with E-state index in [4.69, 9.17) is 0 Å². The Kier molecular flexibility index (Phi) is 7.51. The van der Waals surface area contributed by atoms with Crippen LogP contribution >= 0.6 is 0 Å². The van der Waals surface area contributed by atoms with Gasteiger partial charge in [-0.2, -0.15) is 5.10 Å². The Morgan fingerprint density at radius 2 is 1.81 bits per heavy atom. The highest BCUT2D eigenvalue weighted by atomic mass is 15.4. The second-order valence-electron chi connectivity index (χ2n) is 8.17. The summed E-state index contributed by atoms with van der Waals surface area (Å²) >= 11 is 0. The Balaban J connectivity index is 1.31. The first-order chi connectivity index (χ1) is 15.8. The molecule has 3 aromatic rings. The first kappa shape index (κ1) is 22.0. The minimum Gasteiger partial charge on any atom is -0.352 e. The zero-order valence-electron chi connectivity index (χ0n) is 19.1. The van der Waals surface area contributed by atoms with Gasteiger partial charge in [-0.05, 0) is 23.1 Å². The molecule has 1 aliphatic rings. The summed E-state index contributed by atoms with van der Waals surface area (Å²) in [5.41, 5.74) is 3.86. The van der Waals surface area contributed by atoms with E-state index in [0.717, 1.165) is 51.6 Å². The molecule has 0 spiro atoms. The van der Waals surface area contributed by atoms with E-state index >= 15 is 0 Å². The van der Waals surface area contributed by atoms with Crippen LogP contribution in [0.2, 0.25) is 0 Å². The molecule has 1 saturated heterocycles. The van der Waals surface area contributed by atoms with E-state index < -0.39 is 0 Å². The Labute approximate surface area is 190 Å². The third-order valence-corrected chi connectivity index (χ3v) is 6.09. The van der Waals surface area contributed by atoms with Crippen LogP contribution in [-0.2, 0) is 13.1 Å². The molecule has 1 aromatic heterocycles. The first-order valence-corrected chi connectivity index (χ1v) is 11.4. The fraction of sp³-hybridized carbons (Fsp3) is 0.400. The minimum atomic E-state index is 0.487. The van der Waals surface area contributed by atoms with Gasteiger partial charge in [-0.1, -0.05) is 61.5 Å². The highest BCUT2D eigenvalue weighted by Crippen LogP contribution is 2.25. The summed E-state index contributed by atoms with van der Waals surface area (Å²) in [6, 6.07) is 19.9. The fourth-order valence-corrected chi connectivity index (χ4v) is 4.48. The molecule has 2 aromatic carbocycles. The van der Waals surface area contributed by atoms with E-state index in [-0.39, 0.29) is 0 Å². The van der Waals surface area contributed by atoms with Gasteiger partial charge in [0.05, 0.1) is 6.54 Å². The molecule has 7 nitrogen and oxygen atoms in total. The lowest BCUT2D eigenvalue weighted by Crippen LogP contribution is -2.52. The van der Waals surface area contributed by atoms with E-state index in [9.17, 15) is 0 Å². The van der Waals surface area contributed by atoms with E-state index in [2.05, 4.69) is 91.7 Å². The average molecular weight is 432 g/mol. The van der Waals surface area contributed by atoms with Gasteiger partial charge in [-0.15, -0.1) is 0 Å². The zero-order valence-corrected chi connectivity index (χ0v) is 19.1. The van der Waals surface area contributed by atoms with Crippen LogP contribution in [0.3, 0.4) is 0 Å². The van der Waals surface area contributed by atoms with Gasteiger partial charge in [0.15, 0.2) is 5.96 Å². The van der Waals surface area contributed by atoms with Crippen LogP contribution in [-0.4, -0.2) is 63.8 Å². The molecule has 0 saturated carbocycles. The number of rotatable bonds is 7. The summed E-state index contributed by atoms with van der Waals surface area (Å²) in [7, 11) is 1.87. The summed E-state index contributed by atoms with van der Waals surface area (Å²) in [6.07, 6.45) is 4.44. The number of aromatic nitrogens is 3. The first-order valence-electron chi connectivity index (χ1n) is 11.4. The van der Waals surface area contributed by atoms with Crippen molar-refractivity contribution >= 4 is 5.96 Å². The molecular weight excluding hydrogens is 398 g/mol. The lowest BCUT2D eigenvalue weighted by Gasteiger charge is -2.40. The van der Waals surface area contributed by atoms with Crippen LogP contribution in [0.1, 0.15) is 36.1 Å². The molecule has 1 N–H and O–H groups in total. The molecule has 1 fully saturated rings. The largest absolute Gasteiger partial charge is 0.352 e. The molecule has 0 bridgehead atoms. The molecule has 0 aliphatic carbocycles. The Hall–Kier alpha value is -3.19. The van der Waals surface area contributed by atoms with Crippen molar-refractivity contribution in [1.29, 1.82) is 0 Å². The predicted molar refractivity (Wildman–Crippen MR) is 128 cm³/mol. The smallest absolute Gasteiger partial charge is 0.194 e. The Morgan fingerprint density at radius 1 is 1.03 bits per heavy atom. The quantitative estimate of drug-likeness (QED) is 0.460. The SMILES string of the molecule is CCC(c1ccccc1)N1CCN(C(=NC)NCc2cccc(Cn3cncn3)c2)CC1. The monoisotopic (exact) mass is 431 g/mol. The maximum atomic E-state index is 4.55. The number of nitrogens with one attached hydrogen (secondary N) is 1. The summed E-state index contributed by atoms with van der Waals surface area (Å²) in [5, 5.41) is 7.75. The van der Waals surface area contributed by atoms with Crippen molar-refractivity contribution in [3.05, 3.63) is 83.9 Å². The van der Waals surface area contributed by atoms with Crippen LogP contribution in [0.4, 0.5) is 0 Å². The molecule has 168 valence electrons. The standard InChI is InChI=1S/C25H33N7/c1-3-24(23-10-5-4-6-11-23)30-12-14-31(15-13-30)25(26-2)28-17-21-8-7-9-22(16-21)18-32-20-27-19-29-32/h4-11,16,19-20,24H,3,12-15,17-18H2,1-2H3,(H,26,28). The maximum absolute atomic E-state index is 4.55. The second-order valence-corrected chi connectivity index (χ2v) is 8.17. The summed E-state index contributed by atoms with van der Waals surface area (Å²) in [4.78, 5) is 13.5. The number of piperazine rings is 1. The third-order valence-electron chi connectivity index (χ3n) is 6.09. The molecular formula is C25H33N7. The zero-order chi connectivity index (χ0) is 22.2. The molecule has 0 radical (unpaired) electrons. The molecule has 7 heteroatoms. The van der Waals surface area contributed by atoms with Gasteiger partial charge in [-0.25, -0.2) is 9.67 Å². The lowest BCUT2D eigenvalue weighted by molar-refractivity contribution is 0.127. The van der Waals surface area contributed by atoms with Crippen LogP contribution < -0.4 is 5.32 Å². The number of hydrogen-bond donors (Lipinski definition) is 1. The second kappa shape index (κ2) is 10.9. The Bertz CT molecular complexity index is 977. The highest BCUT2D eigenvalue weighted by Gasteiger charge is 2.25. The summed E-state index contributed by atoms with van der Waals surface area (Å²) in [5.74, 6) is 0.971. The number of guanidine groups is 1. The van der Waals surface area contributed by atoms with Gasteiger partial charge < -0.3 is 10.2 Å². The minimum absolute atomic E-state index is 0.487. The van der Waals surface area contributed by atoms with E-state index in [1.165, 1.54) is 16.7 Å². The lowest BCUT2D eigenvalue weighted by atomic mass is 10.0. The number of nitrogens with zero attached hydrogens (tertiary/aromatic N) is 6. The van der Waals surface area contributed by atoms with Crippen LogP contribution in [0, 0.1) is 0 Å². The predicted octanol–water partition coefficient (Wildman–Crippen LogP) is 3.17. The van der Waals surface area contributed by atoms with E-state index in [1.807, 2.05) is 11.7 Å². The van der Waals surface area contributed by atoms with Crippen molar-refractivity contribution in [3.63, 3.8) is 0 Å². The van der Waals surface area contributed by atoms with Gasteiger partial charge in [0.1, 0.15) is 12.7 Å². The van der Waals surface area contributed by atoms with E-state index in [0.29, 0.717) is 6.04 Å². The van der Waals surface area contributed by atoms with Crippen molar-refractivity contribution in [3.8, 4) is 0 Å². The fourth-order valence-electron chi connectivity index (χ4n) is 4.48. The van der Waals surface area contributed by atoms with Gasteiger partial charge in [0.25, 0.3) is 0 Å². The normalized spacial score (nSPS) is 16.2. The topological polar surface area (TPSA) is 61.6 Å². The number of benzene rings is 2. The summed E-state index contributed by atoms with van der Waals surface area (Å²) < 4.78 is 1.84. The molecule has 2 heterocycles. The van der Waals surface area contributed by atoms with Gasteiger partial charge in [0, 0.05) is 45.8 Å². The Morgan fingerprint density at radius 3 is 2.50 bits per heavy atom. The third kappa shape index (κ3) is 5.53. The van der Waals surface area contributed by atoms with Crippen molar-refractivity contribution in [2.75, 3.05) is 33.2 Å². The van der Waals surface area contributed by atoms with Crippen LogP contribution in [0.15, 0.2) is 72.2 Å². The van der Waals surface area contributed by atoms with E-state index in [1.54, 1.807) is 12.7 Å². The number of aliphatic imine (C=N–C) groups is 1. The molecule has 0 amide bonds. The molecule has 1 atom stereocenters. The van der Waals surface area contributed by atoms with Crippen LogP contribution in [0.5, 0.6) is 0 Å². The summed E-state index contributed by atoms with van der Waals surface area (Å²) in [6.45, 7) is 7.80. The van der Waals surface area contributed by atoms with Gasteiger partial charge in [0.2, 0.25) is 0 Å². The molecule has 1 aliphatic heterocycles.